The molecular formula is C16H26N2O2. The fourth-order valence-corrected chi connectivity index (χ4v) is 2.02. The summed E-state index contributed by atoms with van der Waals surface area (Å²) in [5, 5.41) is 11.7. The first-order chi connectivity index (χ1) is 9.56. The summed E-state index contributed by atoms with van der Waals surface area (Å²) in [5.74, 6) is 0. The average Bonchev–Trinajstić information content (AvgIpc) is 2.45. The van der Waals surface area contributed by atoms with Crippen molar-refractivity contribution >= 4 is 6.03 Å². The van der Waals surface area contributed by atoms with E-state index in [-0.39, 0.29) is 18.7 Å². The van der Waals surface area contributed by atoms with Gasteiger partial charge in [-0.1, -0.05) is 31.2 Å². The lowest BCUT2D eigenvalue weighted by atomic mass is 10.1. The quantitative estimate of drug-likeness (QED) is 0.805. The Morgan fingerprint density at radius 2 is 1.90 bits per heavy atom. The molecular weight excluding hydrogens is 252 g/mol. The Morgan fingerprint density at radius 1 is 1.30 bits per heavy atom. The molecule has 0 heterocycles. The van der Waals surface area contributed by atoms with Gasteiger partial charge in [-0.2, -0.15) is 0 Å². The fraction of sp³-hybridized carbons (Fsp3) is 0.562. The monoisotopic (exact) mass is 278 g/mol. The number of carbonyl (C=O) groups is 1. The van der Waals surface area contributed by atoms with E-state index in [0.717, 1.165) is 18.4 Å². The smallest absolute Gasteiger partial charge is 0.317 e. The van der Waals surface area contributed by atoms with Gasteiger partial charge in [-0.05, 0) is 37.3 Å². The first kappa shape index (κ1) is 16.5. The van der Waals surface area contributed by atoms with Gasteiger partial charge in [-0.25, -0.2) is 4.79 Å². The highest BCUT2D eigenvalue weighted by Crippen LogP contribution is 2.07. The summed E-state index contributed by atoms with van der Waals surface area (Å²) < 4.78 is 0. The van der Waals surface area contributed by atoms with Gasteiger partial charge >= 0.3 is 6.03 Å². The zero-order chi connectivity index (χ0) is 15.0. The van der Waals surface area contributed by atoms with Gasteiger partial charge < -0.3 is 15.3 Å². The lowest BCUT2D eigenvalue weighted by molar-refractivity contribution is 0.201. The third-order valence-electron chi connectivity index (χ3n) is 3.36. The van der Waals surface area contributed by atoms with Gasteiger partial charge in [0.2, 0.25) is 0 Å². The summed E-state index contributed by atoms with van der Waals surface area (Å²) >= 11 is 0. The highest BCUT2D eigenvalue weighted by atomic mass is 16.3. The lowest BCUT2D eigenvalue weighted by Gasteiger charge is -2.21. The van der Waals surface area contributed by atoms with Crippen LogP contribution in [0.4, 0.5) is 4.79 Å². The van der Waals surface area contributed by atoms with Crippen LogP contribution in [0.1, 0.15) is 37.8 Å². The molecule has 0 radical (unpaired) electrons. The number of hydrogen-bond donors (Lipinski definition) is 2. The maximum Gasteiger partial charge on any atom is 0.317 e. The molecule has 0 aromatic heterocycles. The van der Waals surface area contributed by atoms with Crippen LogP contribution >= 0.6 is 0 Å². The molecule has 0 spiro atoms. The average molecular weight is 278 g/mol. The minimum absolute atomic E-state index is 0.0741. The van der Waals surface area contributed by atoms with Crippen molar-refractivity contribution in [3.05, 3.63) is 35.4 Å². The Balaban J connectivity index is 2.44. The zero-order valence-corrected chi connectivity index (χ0v) is 12.7. The summed E-state index contributed by atoms with van der Waals surface area (Å²) in [6.07, 6.45) is 2.53. The Hall–Kier alpha value is -1.55. The minimum atomic E-state index is -0.0741. The maximum absolute atomic E-state index is 12.0. The number of aryl methyl sites for hydroxylation is 1. The predicted octanol–water partition coefficient (Wildman–Crippen LogP) is 2.55. The molecule has 20 heavy (non-hydrogen) atoms. The molecule has 0 aliphatic carbocycles. The van der Waals surface area contributed by atoms with Crippen molar-refractivity contribution in [3.63, 3.8) is 0 Å². The standard InChI is InChI=1S/C16H26N2O2/c1-4-14-7-9-15(10-8-14)12-18(3)16(20)17-13(2)6-5-11-19/h7-10,13,19H,4-6,11-12H2,1-3H3,(H,17,20). The van der Waals surface area contributed by atoms with E-state index >= 15 is 0 Å². The van der Waals surface area contributed by atoms with Crippen molar-refractivity contribution < 1.29 is 9.90 Å². The number of urea groups is 1. The van der Waals surface area contributed by atoms with E-state index in [1.54, 1.807) is 11.9 Å². The van der Waals surface area contributed by atoms with E-state index in [0.29, 0.717) is 13.0 Å². The van der Waals surface area contributed by atoms with Crippen LogP contribution < -0.4 is 5.32 Å². The number of amides is 2. The van der Waals surface area contributed by atoms with Gasteiger partial charge in [0.05, 0.1) is 0 Å². The SMILES string of the molecule is CCc1ccc(CN(C)C(=O)NC(C)CCCO)cc1. The first-order valence-electron chi connectivity index (χ1n) is 7.27. The second-order valence-electron chi connectivity index (χ2n) is 5.24. The summed E-state index contributed by atoms with van der Waals surface area (Å²) in [7, 11) is 1.79. The molecule has 2 amide bonds. The van der Waals surface area contributed by atoms with E-state index < -0.39 is 0 Å². The van der Waals surface area contributed by atoms with Crippen LogP contribution in [0.3, 0.4) is 0 Å². The Labute approximate surface area is 121 Å². The Morgan fingerprint density at radius 3 is 2.45 bits per heavy atom. The third-order valence-corrected chi connectivity index (χ3v) is 3.36. The van der Waals surface area contributed by atoms with E-state index in [1.807, 2.05) is 6.92 Å². The highest BCUT2D eigenvalue weighted by Gasteiger charge is 2.11. The Kier molecular flexibility index (Phi) is 7.09. The van der Waals surface area contributed by atoms with Crippen LogP contribution in [0, 0.1) is 0 Å². The normalized spacial score (nSPS) is 12.0. The molecule has 1 unspecified atom stereocenters. The van der Waals surface area contributed by atoms with Crippen molar-refractivity contribution in [2.24, 2.45) is 0 Å². The molecule has 0 fully saturated rings. The van der Waals surface area contributed by atoms with Crippen LogP contribution in [-0.4, -0.2) is 35.7 Å². The van der Waals surface area contributed by atoms with Gasteiger partial charge in [0.25, 0.3) is 0 Å². The van der Waals surface area contributed by atoms with Crippen molar-refractivity contribution in [3.8, 4) is 0 Å². The van der Waals surface area contributed by atoms with Crippen molar-refractivity contribution in [2.45, 2.75) is 45.7 Å². The van der Waals surface area contributed by atoms with Crippen LogP contribution in [0.25, 0.3) is 0 Å². The molecule has 1 atom stereocenters. The number of nitrogens with one attached hydrogen (secondary N) is 1. The van der Waals surface area contributed by atoms with Crippen molar-refractivity contribution in [2.75, 3.05) is 13.7 Å². The maximum atomic E-state index is 12.0. The zero-order valence-electron chi connectivity index (χ0n) is 12.7. The van der Waals surface area contributed by atoms with Gasteiger partial charge in [-0.3, -0.25) is 0 Å². The molecule has 1 rings (SSSR count). The number of rotatable bonds is 7. The molecule has 4 heteroatoms. The largest absolute Gasteiger partial charge is 0.396 e. The van der Waals surface area contributed by atoms with Crippen molar-refractivity contribution in [1.82, 2.24) is 10.2 Å². The molecule has 2 N–H and O–H groups in total. The summed E-state index contributed by atoms with van der Waals surface area (Å²) in [6.45, 7) is 4.85. The van der Waals surface area contributed by atoms with E-state index in [2.05, 4.69) is 36.5 Å². The molecule has 0 saturated heterocycles. The number of carbonyl (C=O) groups excluding carboxylic acids is 1. The molecule has 1 aromatic rings. The topological polar surface area (TPSA) is 52.6 Å². The molecule has 0 aliphatic rings. The second kappa shape index (κ2) is 8.59. The van der Waals surface area contributed by atoms with Crippen LogP contribution in [0.2, 0.25) is 0 Å². The number of benzene rings is 1. The van der Waals surface area contributed by atoms with Crippen LogP contribution in [0.5, 0.6) is 0 Å². The van der Waals surface area contributed by atoms with Gasteiger partial charge in [0.15, 0.2) is 0 Å². The highest BCUT2D eigenvalue weighted by molar-refractivity contribution is 5.74. The second-order valence-corrected chi connectivity index (χ2v) is 5.24. The van der Waals surface area contributed by atoms with Gasteiger partial charge in [-0.15, -0.1) is 0 Å². The van der Waals surface area contributed by atoms with Crippen molar-refractivity contribution in [1.29, 1.82) is 0 Å². The third kappa shape index (κ3) is 5.61. The number of aliphatic hydroxyl groups excluding tert-OH is 1. The molecule has 1 aromatic carbocycles. The van der Waals surface area contributed by atoms with Crippen LogP contribution in [0.15, 0.2) is 24.3 Å². The summed E-state index contributed by atoms with van der Waals surface area (Å²) in [6, 6.07) is 8.35. The van der Waals surface area contributed by atoms with E-state index in [9.17, 15) is 4.79 Å². The van der Waals surface area contributed by atoms with Crippen LogP contribution in [-0.2, 0) is 13.0 Å². The summed E-state index contributed by atoms with van der Waals surface area (Å²) in [5.41, 5.74) is 2.43. The first-order valence-corrected chi connectivity index (χ1v) is 7.27. The predicted molar refractivity (Wildman–Crippen MR) is 81.6 cm³/mol. The number of hydrogen-bond acceptors (Lipinski definition) is 2. The molecule has 4 nitrogen and oxygen atoms in total. The minimum Gasteiger partial charge on any atom is -0.396 e. The molecule has 0 aliphatic heterocycles. The molecule has 0 saturated carbocycles. The van der Waals surface area contributed by atoms with Gasteiger partial charge in [0, 0.05) is 26.2 Å². The van der Waals surface area contributed by atoms with Gasteiger partial charge in [0.1, 0.15) is 0 Å². The lowest BCUT2D eigenvalue weighted by Crippen LogP contribution is -2.41. The summed E-state index contributed by atoms with van der Waals surface area (Å²) in [4.78, 5) is 13.7. The van der Waals surface area contributed by atoms with E-state index in [1.165, 1.54) is 5.56 Å². The number of nitrogens with zero attached hydrogens (tertiary/aromatic N) is 1. The fourth-order valence-electron chi connectivity index (χ4n) is 2.02. The molecule has 0 bridgehead atoms. The molecule has 112 valence electrons. The number of aliphatic hydroxyl groups is 1. The van der Waals surface area contributed by atoms with E-state index in [4.69, 9.17) is 5.11 Å². The Bertz CT molecular complexity index is 403.